The van der Waals surface area contributed by atoms with Crippen LogP contribution in [0.2, 0.25) is 5.02 Å². The van der Waals surface area contributed by atoms with E-state index in [1.54, 1.807) is 6.07 Å². The second-order valence-electron chi connectivity index (χ2n) is 4.26. The molecule has 1 fully saturated rings. The molecule has 2 rings (SSSR count). The fourth-order valence-corrected chi connectivity index (χ4v) is 3.79. The summed E-state index contributed by atoms with van der Waals surface area (Å²) in [5, 5.41) is 0.239. The molecule has 0 aliphatic heterocycles. The largest absolute Gasteiger partial charge is 0.490 e. The van der Waals surface area contributed by atoms with E-state index in [9.17, 15) is 8.42 Å². The summed E-state index contributed by atoms with van der Waals surface area (Å²) in [6.07, 6.45) is 3.41. The zero-order valence-electron chi connectivity index (χ0n) is 9.33. The molecule has 0 atom stereocenters. The van der Waals surface area contributed by atoms with Crippen molar-refractivity contribution in [3.63, 3.8) is 0 Å². The summed E-state index contributed by atoms with van der Waals surface area (Å²) in [5.74, 6) is 0.623. The number of hydrogen-bond donors (Lipinski definition) is 0. The molecule has 0 heterocycles. The normalized spacial score (nSPS) is 16.4. The highest BCUT2D eigenvalue weighted by molar-refractivity contribution is 9.10. The van der Waals surface area contributed by atoms with E-state index in [0.717, 1.165) is 12.8 Å². The fraction of sp³-hybridized carbons (Fsp3) is 0.455. The van der Waals surface area contributed by atoms with Crippen LogP contribution < -0.4 is 4.74 Å². The van der Waals surface area contributed by atoms with E-state index >= 15 is 0 Å². The summed E-state index contributed by atoms with van der Waals surface area (Å²) in [4.78, 5) is -0.0946. The molecule has 1 aliphatic rings. The van der Waals surface area contributed by atoms with Gasteiger partial charge in [0.05, 0.1) is 11.6 Å². The third-order valence-electron chi connectivity index (χ3n) is 2.93. The lowest BCUT2D eigenvalue weighted by Crippen LogP contribution is -2.20. The molecule has 0 N–H and O–H groups in total. The van der Waals surface area contributed by atoms with Crippen LogP contribution in [0.3, 0.4) is 0 Å². The Morgan fingerprint density at radius 2 is 2.06 bits per heavy atom. The molecule has 0 unspecified atom stereocenters. The fourth-order valence-electron chi connectivity index (χ4n) is 1.72. The predicted octanol–water partition coefficient (Wildman–Crippen LogP) is 4.21. The molecule has 7 heteroatoms. The molecule has 0 amide bonds. The topological polar surface area (TPSA) is 43.4 Å². The molecule has 3 nitrogen and oxygen atoms in total. The van der Waals surface area contributed by atoms with Crippen LogP contribution in [0.15, 0.2) is 21.5 Å². The van der Waals surface area contributed by atoms with Gasteiger partial charge in [-0.2, -0.15) is 0 Å². The van der Waals surface area contributed by atoms with Crippen LogP contribution >= 0.6 is 38.2 Å². The minimum Gasteiger partial charge on any atom is -0.490 e. The Hall–Kier alpha value is 0.0300. The molecular weight excluding hydrogens is 363 g/mol. The predicted molar refractivity (Wildman–Crippen MR) is 75.0 cm³/mol. The van der Waals surface area contributed by atoms with Crippen LogP contribution in [0.5, 0.6) is 5.75 Å². The van der Waals surface area contributed by atoms with Crippen LogP contribution in [0.4, 0.5) is 0 Å². The Labute approximate surface area is 124 Å². The highest BCUT2D eigenvalue weighted by atomic mass is 79.9. The van der Waals surface area contributed by atoms with Gasteiger partial charge in [-0.25, -0.2) is 8.42 Å². The average molecular weight is 374 g/mol. The van der Waals surface area contributed by atoms with E-state index in [2.05, 4.69) is 15.9 Å². The number of benzene rings is 1. The Kier molecular flexibility index (Phi) is 4.47. The first-order valence-corrected chi connectivity index (χ1v) is 8.92. The maximum Gasteiger partial charge on any atom is 0.265 e. The van der Waals surface area contributed by atoms with Crippen LogP contribution in [-0.4, -0.2) is 15.0 Å². The Morgan fingerprint density at radius 3 is 2.56 bits per heavy atom. The molecular formula is C11H11BrCl2O3S. The van der Waals surface area contributed by atoms with Gasteiger partial charge in [-0.3, -0.25) is 0 Å². The number of hydrogen-bond acceptors (Lipinski definition) is 3. The number of rotatable bonds is 4. The molecule has 1 aromatic carbocycles. The van der Waals surface area contributed by atoms with Gasteiger partial charge >= 0.3 is 0 Å². The molecule has 0 saturated heterocycles. The molecule has 0 spiro atoms. The zero-order valence-corrected chi connectivity index (χ0v) is 13.2. The molecule has 18 heavy (non-hydrogen) atoms. The lowest BCUT2D eigenvalue weighted by Gasteiger charge is -2.25. The average Bonchev–Trinajstić information content (AvgIpc) is 2.16. The number of halogens is 3. The minimum absolute atomic E-state index is 0.0946. The third kappa shape index (κ3) is 3.32. The summed E-state index contributed by atoms with van der Waals surface area (Å²) >= 11 is 9.19. The summed E-state index contributed by atoms with van der Waals surface area (Å²) in [7, 11) is 1.50. The van der Waals surface area contributed by atoms with Crippen molar-refractivity contribution in [2.75, 3.05) is 6.61 Å². The SMILES string of the molecule is O=S(=O)(Cl)c1cc(Br)cc(Cl)c1OCC1CCC1. The molecule has 1 aromatic rings. The van der Waals surface area contributed by atoms with Gasteiger partial charge in [0.2, 0.25) is 0 Å². The summed E-state index contributed by atoms with van der Waals surface area (Å²) < 4.78 is 29.1. The van der Waals surface area contributed by atoms with Gasteiger partial charge in [-0.05, 0) is 30.9 Å². The van der Waals surface area contributed by atoms with E-state index < -0.39 is 9.05 Å². The Balaban J connectivity index is 2.31. The van der Waals surface area contributed by atoms with Gasteiger partial charge in [-0.15, -0.1) is 0 Å². The summed E-state index contributed by atoms with van der Waals surface area (Å²) in [5.41, 5.74) is 0. The van der Waals surface area contributed by atoms with Crippen molar-refractivity contribution in [3.8, 4) is 5.75 Å². The molecule has 100 valence electrons. The first kappa shape index (κ1) is 14.4. The quantitative estimate of drug-likeness (QED) is 0.742. The smallest absolute Gasteiger partial charge is 0.265 e. The van der Waals surface area contributed by atoms with Crippen LogP contribution in [0.1, 0.15) is 19.3 Å². The first-order valence-electron chi connectivity index (χ1n) is 5.44. The summed E-state index contributed by atoms with van der Waals surface area (Å²) in [6, 6.07) is 2.98. The van der Waals surface area contributed by atoms with Gasteiger partial charge in [0, 0.05) is 15.2 Å². The highest BCUT2D eigenvalue weighted by Crippen LogP contribution is 2.38. The minimum atomic E-state index is -3.88. The molecule has 0 aromatic heterocycles. The summed E-state index contributed by atoms with van der Waals surface area (Å²) in [6.45, 7) is 0.473. The van der Waals surface area contributed by atoms with E-state index in [1.165, 1.54) is 12.5 Å². The first-order chi connectivity index (χ1) is 8.38. The van der Waals surface area contributed by atoms with Gasteiger partial charge in [0.1, 0.15) is 4.90 Å². The molecule has 1 aliphatic carbocycles. The van der Waals surface area contributed by atoms with Crippen molar-refractivity contribution in [1.82, 2.24) is 0 Å². The van der Waals surface area contributed by atoms with Gasteiger partial charge in [0.25, 0.3) is 9.05 Å². The monoisotopic (exact) mass is 372 g/mol. The second-order valence-corrected chi connectivity index (χ2v) is 8.12. The van der Waals surface area contributed by atoms with Crippen LogP contribution in [-0.2, 0) is 9.05 Å². The zero-order chi connectivity index (χ0) is 13.3. The Bertz CT molecular complexity index is 556. The lowest BCUT2D eigenvalue weighted by atomic mass is 9.86. The standard InChI is InChI=1S/C11H11BrCl2O3S/c12-8-4-9(13)11(10(5-8)18(14,15)16)17-6-7-2-1-3-7/h4-5,7H,1-3,6H2. The molecule has 0 radical (unpaired) electrons. The van der Waals surface area contributed by atoms with E-state index in [0.29, 0.717) is 17.0 Å². The van der Waals surface area contributed by atoms with Gasteiger partial charge in [-0.1, -0.05) is 34.0 Å². The van der Waals surface area contributed by atoms with Crippen molar-refractivity contribution >= 4 is 47.3 Å². The van der Waals surface area contributed by atoms with Crippen molar-refractivity contribution in [1.29, 1.82) is 0 Å². The van der Waals surface area contributed by atoms with Crippen LogP contribution in [0.25, 0.3) is 0 Å². The van der Waals surface area contributed by atoms with Crippen molar-refractivity contribution in [3.05, 3.63) is 21.6 Å². The Morgan fingerprint density at radius 1 is 1.39 bits per heavy atom. The van der Waals surface area contributed by atoms with Crippen LogP contribution in [0, 0.1) is 5.92 Å². The lowest BCUT2D eigenvalue weighted by molar-refractivity contribution is 0.177. The molecule has 1 saturated carbocycles. The van der Waals surface area contributed by atoms with Crippen molar-refractivity contribution < 1.29 is 13.2 Å². The van der Waals surface area contributed by atoms with Gasteiger partial charge < -0.3 is 4.74 Å². The maximum absolute atomic E-state index is 11.5. The molecule has 0 bridgehead atoms. The van der Waals surface area contributed by atoms with Gasteiger partial charge in [0.15, 0.2) is 5.75 Å². The highest BCUT2D eigenvalue weighted by Gasteiger charge is 2.23. The maximum atomic E-state index is 11.5. The number of ether oxygens (including phenoxy) is 1. The third-order valence-corrected chi connectivity index (χ3v) is 4.99. The van der Waals surface area contributed by atoms with E-state index in [1.807, 2.05) is 0 Å². The van der Waals surface area contributed by atoms with E-state index in [-0.39, 0.29) is 15.7 Å². The van der Waals surface area contributed by atoms with E-state index in [4.69, 9.17) is 27.0 Å². The van der Waals surface area contributed by atoms with Crippen molar-refractivity contribution in [2.24, 2.45) is 5.92 Å². The van der Waals surface area contributed by atoms with Crippen molar-refractivity contribution in [2.45, 2.75) is 24.2 Å². The second kappa shape index (κ2) is 5.57.